The third kappa shape index (κ3) is 3.45. The second kappa shape index (κ2) is 6.82. The molecular formula is C15H17N5O3S. The first-order chi connectivity index (χ1) is 11.3. The molecular weight excluding hydrogens is 330 g/mol. The van der Waals surface area contributed by atoms with Gasteiger partial charge in [0.25, 0.3) is 0 Å². The van der Waals surface area contributed by atoms with Gasteiger partial charge in [0.1, 0.15) is 11.0 Å². The Balaban J connectivity index is 2.16. The highest BCUT2D eigenvalue weighted by molar-refractivity contribution is 7.89. The molecule has 126 valence electrons. The van der Waals surface area contributed by atoms with Gasteiger partial charge in [0.2, 0.25) is 15.9 Å². The predicted molar refractivity (Wildman–Crippen MR) is 87.7 cm³/mol. The summed E-state index contributed by atoms with van der Waals surface area (Å²) in [5.74, 6) is -0.539. The van der Waals surface area contributed by atoms with Crippen molar-refractivity contribution in [1.29, 1.82) is 5.26 Å². The predicted octanol–water partition coefficient (Wildman–Crippen LogP) is 1.16. The number of hydrogen-bond donors (Lipinski definition) is 2. The molecule has 1 aromatic heterocycles. The molecule has 0 aliphatic rings. The summed E-state index contributed by atoms with van der Waals surface area (Å²) in [5, 5.41) is 18.0. The Morgan fingerprint density at radius 1 is 1.38 bits per heavy atom. The molecule has 0 spiro atoms. The molecule has 8 nitrogen and oxygen atoms in total. The van der Waals surface area contributed by atoms with E-state index in [2.05, 4.69) is 15.5 Å². The molecule has 1 amide bonds. The van der Waals surface area contributed by atoms with Gasteiger partial charge < -0.3 is 5.32 Å². The van der Waals surface area contributed by atoms with Gasteiger partial charge in [-0.2, -0.15) is 14.7 Å². The Labute approximate surface area is 140 Å². The Morgan fingerprint density at radius 2 is 2.04 bits per heavy atom. The number of nitrogens with one attached hydrogen (secondary N) is 2. The average Bonchev–Trinajstić information content (AvgIpc) is 2.87. The molecule has 0 aliphatic heterocycles. The smallest absolute Gasteiger partial charge is 0.246 e. The molecule has 0 saturated carbocycles. The fourth-order valence-corrected chi connectivity index (χ4v) is 3.69. The number of aromatic amines is 1. The standard InChI is InChI=1S/C15H17N5O3S/c1-10-15(11(2)19-18-10)24(22,23)20(3)9-14(21)17-13-7-5-4-6-12(13)8-16/h4-7H,9H2,1-3H3,(H,17,21)(H,18,19). The number of benzene rings is 1. The number of para-hydroxylation sites is 1. The van der Waals surface area contributed by atoms with Crippen LogP contribution in [-0.4, -0.2) is 42.4 Å². The van der Waals surface area contributed by atoms with E-state index >= 15 is 0 Å². The van der Waals surface area contributed by atoms with Crippen molar-refractivity contribution in [3.8, 4) is 6.07 Å². The first kappa shape index (κ1) is 17.7. The SMILES string of the molecule is Cc1n[nH]c(C)c1S(=O)(=O)N(C)CC(=O)Nc1ccccc1C#N. The van der Waals surface area contributed by atoms with Crippen LogP contribution in [0.15, 0.2) is 29.2 Å². The largest absolute Gasteiger partial charge is 0.324 e. The molecule has 0 bridgehead atoms. The summed E-state index contributed by atoms with van der Waals surface area (Å²) in [4.78, 5) is 12.2. The van der Waals surface area contributed by atoms with E-state index in [0.717, 1.165) is 4.31 Å². The van der Waals surface area contributed by atoms with E-state index in [1.807, 2.05) is 6.07 Å². The quantitative estimate of drug-likeness (QED) is 0.841. The number of nitrogens with zero attached hydrogens (tertiary/aromatic N) is 3. The number of amides is 1. The summed E-state index contributed by atoms with van der Waals surface area (Å²) < 4.78 is 26.1. The summed E-state index contributed by atoms with van der Waals surface area (Å²) in [6, 6.07) is 8.46. The lowest BCUT2D eigenvalue weighted by Crippen LogP contribution is -2.35. The van der Waals surface area contributed by atoms with E-state index in [1.54, 1.807) is 38.1 Å². The highest BCUT2D eigenvalue weighted by Crippen LogP contribution is 2.20. The first-order valence-corrected chi connectivity index (χ1v) is 8.48. The van der Waals surface area contributed by atoms with Crippen LogP contribution in [0.2, 0.25) is 0 Å². The van der Waals surface area contributed by atoms with Gasteiger partial charge in [-0.25, -0.2) is 8.42 Å². The monoisotopic (exact) mass is 347 g/mol. The van der Waals surface area contributed by atoms with Gasteiger partial charge in [-0.1, -0.05) is 12.1 Å². The molecule has 0 radical (unpaired) electrons. The molecule has 0 fully saturated rings. The van der Waals surface area contributed by atoms with Gasteiger partial charge in [0.05, 0.1) is 29.2 Å². The minimum absolute atomic E-state index is 0.0650. The zero-order valence-electron chi connectivity index (χ0n) is 13.5. The number of carbonyl (C=O) groups is 1. The van der Waals surface area contributed by atoms with Crippen LogP contribution in [0, 0.1) is 25.2 Å². The van der Waals surface area contributed by atoms with Crippen molar-refractivity contribution >= 4 is 21.6 Å². The van der Waals surface area contributed by atoms with Crippen molar-refractivity contribution in [2.75, 3.05) is 18.9 Å². The summed E-state index contributed by atoms with van der Waals surface area (Å²) in [6.07, 6.45) is 0. The lowest BCUT2D eigenvalue weighted by Gasteiger charge is -2.17. The van der Waals surface area contributed by atoms with Crippen molar-refractivity contribution < 1.29 is 13.2 Å². The average molecular weight is 347 g/mol. The van der Waals surface area contributed by atoms with Crippen LogP contribution in [0.5, 0.6) is 0 Å². The van der Waals surface area contributed by atoms with Crippen LogP contribution >= 0.6 is 0 Å². The van der Waals surface area contributed by atoms with E-state index in [0.29, 0.717) is 22.6 Å². The van der Waals surface area contributed by atoms with Crippen LogP contribution < -0.4 is 5.32 Å². The van der Waals surface area contributed by atoms with Crippen LogP contribution in [0.25, 0.3) is 0 Å². The van der Waals surface area contributed by atoms with Crippen molar-refractivity contribution in [2.45, 2.75) is 18.7 Å². The normalized spacial score (nSPS) is 11.3. The summed E-state index contributed by atoms with van der Waals surface area (Å²) in [6.45, 7) is 2.80. The van der Waals surface area contributed by atoms with Gasteiger partial charge in [0, 0.05) is 7.05 Å². The molecule has 2 aromatic rings. The number of hydrogen-bond acceptors (Lipinski definition) is 5. The maximum Gasteiger partial charge on any atom is 0.246 e. The summed E-state index contributed by atoms with van der Waals surface area (Å²) in [7, 11) is -2.53. The number of H-pyrrole nitrogens is 1. The van der Waals surface area contributed by atoms with Crippen molar-refractivity contribution in [3.63, 3.8) is 0 Å². The maximum absolute atomic E-state index is 12.6. The highest BCUT2D eigenvalue weighted by Gasteiger charge is 2.28. The number of carbonyl (C=O) groups excluding carboxylic acids is 1. The number of nitriles is 1. The molecule has 9 heteroatoms. The lowest BCUT2D eigenvalue weighted by molar-refractivity contribution is -0.116. The zero-order valence-corrected chi connectivity index (χ0v) is 14.3. The molecule has 1 aromatic carbocycles. The Hall–Kier alpha value is -2.70. The van der Waals surface area contributed by atoms with Gasteiger partial charge >= 0.3 is 0 Å². The van der Waals surface area contributed by atoms with Crippen molar-refractivity contribution in [2.24, 2.45) is 0 Å². The molecule has 2 N–H and O–H groups in total. The van der Waals surface area contributed by atoms with E-state index in [4.69, 9.17) is 5.26 Å². The number of aromatic nitrogens is 2. The molecule has 0 unspecified atom stereocenters. The highest BCUT2D eigenvalue weighted by atomic mass is 32.2. The molecule has 2 rings (SSSR count). The Morgan fingerprint density at radius 3 is 2.62 bits per heavy atom. The van der Waals surface area contributed by atoms with Crippen LogP contribution in [0.4, 0.5) is 5.69 Å². The van der Waals surface area contributed by atoms with Crippen LogP contribution in [-0.2, 0) is 14.8 Å². The number of anilines is 1. The van der Waals surface area contributed by atoms with Gasteiger partial charge in [-0.15, -0.1) is 0 Å². The first-order valence-electron chi connectivity index (χ1n) is 7.04. The molecule has 0 atom stereocenters. The van der Waals surface area contributed by atoms with Gasteiger partial charge in [0.15, 0.2) is 0 Å². The van der Waals surface area contributed by atoms with Gasteiger partial charge in [-0.05, 0) is 26.0 Å². The molecule has 0 saturated heterocycles. The summed E-state index contributed by atoms with van der Waals surface area (Å²) in [5.41, 5.74) is 1.40. The fourth-order valence-electron chi connectivity index (χ4n) is 2.24. The number of rotatable bonds is 5. The lowest BCUT2D eigenvalue weighted by atomic mass is 10.2. The summed E-state index contributed by atoms with van der Waals surface area (Å²) >= 11 is 0. The fraction of sp³-hybridized carbons (Fsp3) is 0.267. The second-order valence-electron chi connectivity index (χ2n) is 5.23. The van der Waals surface area contributed by atoms with Gasteiger partial charge in [-0.3, -0.25) is 9.89 Å². The third-order valence-electron chi connectivity index (χ3n) is 3.42. The number of likely N-dealkylation sites (N-methyl/N-ethyl adjacent to an activating group) is 1. The van der Waals surface area contributed by atoms with Crippen molar-refractivity contribution in [1.82, 2.24) is 14.5 Å². The Bertz CT molecular complexity index is 892. The minimum atomic E-state index is -3.85. The minimum Gasteiger partial charge on any atom is -0.324 e. The maximum atomic E-state index is 12.6. The van der Waals surface area contributed by atoms with Crippen LogP contribution in [0.1, 0.15) is 17.0 Å². The van der Waals surface area contributed by atoms with Crippen molar-refractivity contribution in [3.05, 3.63) is 41.2 Å². The zero-order chi connectivity index (χ0) is 17.9. The van der Waals surface area contributed by atoms with E-state index in [1.165, 1.54) is 7.05 Å². The molecule has 24 heavy (non-hydrogen) atoms. The van der Waals surface area contributed by atoms with E-state index in [9.17, 15) is 13.2 Å². The van der Waals surface area contributed by atoms with E-state index < -0.39 is 15.9 Å². The number of sulfonamides is 1. The topological polar surface area (TPSA) is 119 Å². The second-order valence-corrected chi connectivity index (χ2v) is 7.21. The van der Waals surface area contributed by atoms with E-state index in [-0.39, 0.29) is 11.4 Å². The molecule has 1 heterocycles. The Kier molecular flexibility index (Phi) is 5.02. The number of aryl methyl sites for hydroxylation is 2. The molecule has 0 aliphatic carbocycles. The van der Waals surface area contributed by atoms with Crippen LogP contribution in [0.3, 0.4) is 0 Å². The third-order valence-corrected chi connectivity index (χ3v) is 5.48.